The van der Waals surface area contributed by atoms with Crippen LogP contribution in [-0.2, 0) is 4.79 Å². The maximum Gasteiger partial charge on any atom is 0.355 e. The quantitative estimate of drug-likeness (QED) is 0.212. The summed E-state index contributed by atoms with van der Waals surface area (Å²) in [6.07, 6.45) is 3.51. The van der Waals surface area contributed by atoms with Gasteiger partial charge in [0.15, 0.2) is 11.9 Å². The van der Waals surface area contributed by atoms with Crippen LogP contribution in [0.15, 0.2) is 54.0 Å². The second kappa shape index (κ2) is 11.7. The molecule has 1 amide bonds. The van der Waals surface area contributed by atoms with Crippen LogP contribution >= 0.6 is 11.6 Å². The first-order chi connectivity index (χ1) is 20.5. The van der Waals surface area contributed by atoms with E-state index in [1.165, 1.54) is 28.8 Å². The molecule has 4 aromatic rings. The van der Waals surface area contributed by atoms with Gasteiger partial charge >= 0.3 is 5.69 Å². The third kappa shape index (κ3) is 5.20. The zero-order valence-electron chi connectivity index (χ0n) is 24.6. The summed E-state index contributed by atoms with van der Waals surface area (Å²) in [4.78, 5) is 56.1. The number of pyridine rings is 2. The largest absolute Gasteiger partial charge is 0.355 e. The molecule has 9 nitrogen and oxygen atoms in total. The van der Waals surface area contributed by atoms with Crippen molar-refractivity contribution in [1.29, 1.82) is 0 Å². The number of rotatable bonds is 6. The van der Waals surface area contributed by atoms with Crippen molar-refractivity contribution in [3.63, 3.8) is 0 Å². The molecule has 3 aromatic heterocycles. The summed E-state index contributed by atoms with van der Waals surface area (Å²) in [6.45, 7) is 14.1. The molecule has 11 heteroatoms. The van der Waals surface area contributed by atoms with Gasteiger partial charge in [-0.15, -0.1) is 0 Å². The van der Waals surface area contributed by atoms with Crippen molar-refractivity contribution in [3.8, 4) is 16.9 Å². The van der Waals surface area contributed by atoms with E-state index in [0.717, 1.165) is 5.56 Å². The van der Waals surface area contributed by atoms with Crippen LogP contribution in [0.3, 0.4) is 0 Å². The lowest BCUT2D eigenvalue weighted by molar-refractivity contribution is -0.128. The highest BCUT2D eigenvalue weighted by atomic mass is 35.5. The minimum Gasteiger partial charge on any atom is -0.349 e. The third-order valence-corrected chi connectivity index (χ3v) is 8.14. The zero-order chi connectivity index (χ0) is 31.2. The van der Waals surface area contributed by atoms with E-state index < -0.39 is 11.5 Å². The summed E-state index contributed by atoms with van der Waals surface area (Å²) in [5.74, 6) is -0.551. The van der Waals surface area contributed by atoms with Crippen LogP contribution in [0, 0.1) is 12.7 Å². The number of halogens is 2. The molecule has 0 N–H and O–H groups in total. The van der Waals surface area contributed by atoms with Crippen molar-refractivity contribution in [2.24, 2.45) is 0 Å². The van der Waals surface area contributed by atoms with E-state index in [4.69, 9.17) is 16.6 Å². The number of benzene rings is 1. The standard InChI is InChI=1S/C32H32ClFN6O3/c1-7-25(42)38-14-20(6)39(15-19(38)5)30-22-13-23(33)28(26-21(16-41)9-8-10-24(26)34)36-31(22)40(32(43)37-30)29-18(4)11-12-35-27(29)17(2)3/h7-13,16-17,19-20H,1,14-15H2,2-6H3/t19-,20+/m1/s1. The Morgan fingerprint density at radius 1 is 1.16 bits per heavy atom. The van der Waals surface area contributed by atoms with E-state index in [1.54, 1.807) is 23.2 Å². The number of nitrogens with zero attached hydrogens (tertiary/aromatic N) is 6. The summed E-state index contributed by atoms with van der Waals surface area (Å²) >= 11 is 6.79. The van der Waals surface area contributed by atoms with Crippen molar-refractivity contribution in [2.75, 3.05) is 18.0 Å². The minimum atomic E-state index is -0.674. The molecule has 0 spiro atoms. The number of aryl methyl sites for hydroxylation is 1. The third-order valence-electron chi connectivity index (χ3n) is 7.85. The minimum absolute atomic E-state index is 0.0233. The fourth-order valence-corrected chi connectivity index (χ4v) is 5.97. The van der Waals surface area contributed by atoms with E-state index in [9.17, 15) is 14.4 Å². The second-order valence-electron chi connectivity index (χ2n) is 11.1. The predicted molar refractivity (Wildman–Crippen MR) is 166 cm³/mol. The molecule has 5 rings (SSSR count). The van der Waals surface area contributed by atoms with Gasteiger partial charge in [-0.3, -0.25) is 14.6 Å². The molecule has 1 aromatic carbocycles. The smallest absolute Gasteiger partial charge is 0.349 e. The predicted octanol–water partition coefficient (Wildman–Crippen LogP) is 5.49. The highest BCUT2D eigenvalue weighted by Crippen LogP contribution is 2.37. The van der Waals surface area contributed by atoms with Gasteiger partial charge in [-0.1, -0.05) is 44.2 Å². The van der Waals surface area contributed by atoms with Gasteiger partial charge in [0.2, 0.25) is 5.91 Å². The van der Waals surface area contributed by atoms with Gasteiger partial charge < -0.3 is 9.80 Å². The number of hydrogen-bond acceptors (Lipinski definition) is 7. The number of aromatic nitrogens is 4. The molecule has 0 unspecified atom stereocenters. The Morgan fingerprint density at radius 2 is 1.91 bits per heavy atom. The number of fused-ring (bicyclic) bond motifs is 1. The summed E-state index contributed by atoms with van der Waals surface area (Å²) < 4.78 is 16.6. The fourth-order valence-electron chi connectivity index (χ4n) is 5.72. The first-order valence-corrected chi connectivity index (χ1v) is 14.4. The average molecular weight is 603 g/mol. The molecule has 43 heavy (non-hydrogen) atoms. The molecule has 1 fully saturated rings. The number of hydrogen-bond donors (Lipinski definition) is 0. The summed E-state index contributed by atoms with van der Waals surface area (Å²) in [5.41, 5.74) is 1.58. The van der Waals surface area contributed by atoms with E-state index in [-0.39, 0.29) is 51.4 Å². The molecule has 0 saturated carbocycles. The van der Waals surface area contributed by atoms with Crippen molar-refractivity contribution < 1.29 is 14.0 Å². The lowest BCUT2D eigenvalue weighted by Gasteiger charge is -2.44. The van der Waals surface area contributed by atoms with Gasteiger partial charge in [0.05, 0.1) is 27.5 Å². The number of amides is 1. The molecule has 0 radical (unpaired) electrons. The molecular weight excluding hydrogens is 571 g/mol. The number of piperazine rings is 1. The lowest BCUT2D eigenvalue weighted by atomic mass is 10.0. The topological polar surface area (TPSA) is 101 Å². The van der Waals surface area contributed by atoms with Gasteiger partial charge in [-0.05, 0) is 56.5 Å². The fraction of sp³-hybridized carbons (Fsp3) is 0.312. The molecule has 4 heterocycles. The van der Waals surface area contributed by atoms with Crippen LogP contribution in [0.1, 0.15) is 55.2 Å². The van der Waals surface area contributed by atoms with Crippen LogP contribution in [0.2, 0.25) is 5.02 Å². The number of carbonyl (C=O) groups excluding carboxylic acids is 2. The normalized spacial score (nSPS) is 17.0. The van der Waals surface area contributed by atoms with E-state index >= 15 is 4.39 Å². The van der Waals surface area contributed by atoms with Gasteiger partial charge in [-0.2, -0.15) is 4.98 Å². The van der Waals surface area contributed by atoms with Gasteiger partial charge in [0.25, 0.3) is 0 Å². The number of aldehydes is 1. The summed E-state index contributed by atoms with van der Waals surface area (Å²) in [5, 5.41) is 0.542. The van der Waals surface area contributed by atoms with Crippen LogP contribution in [0.25, 0.3) is 28.0 Å². The van der Waals surface area contributed by atoms with E-state index in [0.29, 0.717) is 42.0 Å². The zero-order valence-corrected chi connectivity index (χ0v) is 25.4. The highest BCUT2D eigenvalue weighted by molar-refractivity contribution is 6.34. The maximum atomic E-state index is 15.2. The van der Waals surface area contributed by atoms with Gasteiger partial charge in [0.1, 0.15) is 11.6 Å². The van der Waals surface area contributed by atoms with E-state index in [2.05, 4.69) is 16.5 Å². The summed E-state index contributed by atoms with van der Waals surface area (Å²) in [6, 6.07) is 7.12. The monoisotopic (exact) mass is 602 g/mol. The first kappa shape index (κ1) is 30.0. The highest BCUT2D eigenvalue weighted by Gasteiger charge is 2.34. The molecule has 1 aliphatic heterocycles. The molecule has 1 aliphatic rings. The molecule has 1 saturated heterocycles. The first-order valence-electron chi connectivity index (χ1n) is 14.0. The van der Waals surface area contributed by atoms with E-state index in [1.807, 2.05) is 39.5 Å². The SMILES string of the molecule is C=CC(=O)N1C[C@H](C)N(c2nc(=O)n(-c3c(C)ccnc3C(C)C)c3nc(-c4c(F)cccc4C=O)c(Cl)cc23)C[C@H]1C. The molecule has 0 aliphatic carbocycles. The van der Waals surface area contributed by atoms with Gasteiger partial charge in [0, 0.05) is 42.5 Å². The van der Waals surface area contributed by atoms with Crippen LogP contribution in [0.4, 0.5) is 10.2 Å². The Labute approximate surface area is 253 Å². The second-order valence-corrected chi connectivity index (χ2v) is 11.5. The molecule has 2 atom stereocenters. The van der Waals surface area contributed by atoms with Crippen molar-refractivity contribution in [1.82, 2.24) is 24.4 Å². The summed E-state index contributed by atoms with van der Waals surface area (Å²) in [7, 11) is 0. The Hall–Kier alpha value is -4.44. The van der Waals surface area contributed by atoms with Crippen LogP contribution in [0.5, 0.6) is 0 Å². The Balaban J connectivity index is 1.86. The van der Waals surface area contributed by atoms with Crippen molar-refractivity contribution >= 4 is 40.6 Å². The maximum absolute atomic E-state index is 15.2. The van der Waals surface area contributed by atoms with Crippen molar-refractivity contribution in [3.05, 3.63) is 87.3 Å². The van der Waals surface area contributed by atoms with Crippen molar-refractivity contribution in [2.45, 2.75) is 52.6 Å². The Bertz CT molecular complexity index is 1840. The molecule has 222 valence electrons. The number of anilines is 1. The van der Waals surface area contributed by atoms with Crippen LogP contribution < -0.4 is 10.6 Å². The lowest BCUT2D eigenvalue weighted by Crippen LogP contribution is -2.58. The Morgan fingerprint density at radius 3 is 2.58 bits per heavy atom. The molecule has 0 bridgehead atoms. The average Bonchev–Trinajstić information content (AvgIpc) is 2.97. The molecular formula is C32H32ClFN6O3. The Kier molecular flexibility index (Phi) is 8.16. The van der Waals surface area contributed by atoms with Gasteiger partial charge in [-0.25, -0.2) is 18.7 Å². The van der Waals surface area contributed by atoms with Crippen LogP contribution in [-0.4, -0.2) is 61.8 Å². The number of carbonyl (C=O) groups is 2.